The molecule has 0 saturated heterocycles. The van der Waals surface area contributed by atoms with Crippen molar-refractivity contribution in [1.29, 1.82) is 0 Å². The Labute approximate surface area is 109 Å². The van der Waals surface area contributed by atoms with Crippen LogP contribution in [0.2, 0.25) is 0 Å². The van der Waals surface area contributed by atoms with Crippen LogP contribution < -0.4 is 4.74 Å². The fraction of sp³-hybridized carbons (Fsp3) is 0.308. The summed E-state index contributed by atoms with van der Waals surface area (Å²) in [6.07, 6.45) is 1.90. The first-order valence-electron chi connectivity index (χ1n) is 5.78. The average molecular weight is 268 g/mol. The smallest absolute Gasteiger partial charge is 0.320 e. The van der Waals surface area contributed by atoms with Crippen molar-refractivity contribution >= 4 is 0 Å². The van der Waals surface area contributed by atoms with E-state index in [1.165, 1.54) is 12.4 Å². The summed E-state index contributed by atoms with van der Waals surface area (Å²) >= 11 is 0. The SMILES string of the molecule is CC(O)c1cccc(OCc2nccn2C(F)F)c1. The molecule has 1 heterocycles. The van der Waals surface area contributed by atoms with Gasteiger partial charge in [0.1, 0.15) is 12.4 Å². The van der Waals surface area contributed by atoms with Crippen molar-refractivity contribution in [2.45, 2.75) is 26.2 Å². The van der Waals surface area contributed by atoms with Gasteiger partial charge in [0.05, 0.1) is 6.10 Å². The molecule has 1 aromatic carbocycles. The quantitative estimate of drug-likeness (QED) is 0.907. The van der Waals surface area contributed by atoms with Crippen molar-refractivity contribution in [2.24, 2.45) is 0 Å². The van der Waals surface area contributed by atoms with Gasteiger partial charge in [-0.2, -0.15) is 8.78 Å². The summed E-state index contributed by atoms with van der Waals surface area (Å²) in [5, 5.41) is 9.45. The summed E-state index contributed by atoms with van der Waals surface area (Å²) in [4.78, 5) is 3.82. The summed E-state index contributed by atoms with van der Waals surface area (Å²) in [5.74, 6) is 0.652. The van der Waals surface area contributed by atoms with Crippen LogP contribution in [0.25, 0.3) is 0 Å². The number of hydrogen-bond donors (Lipinski definition) is 1. The molecule has 1 aromatic heterocycles. The number of rotatable bonds is 5. The highest BCUT2D eigenvalue weighted by molar-refractivity contribution is 5.29. The van der Waals surface area contributed by atoms with E-state index in [2.05, 4.69) is 4.98 Å². The van der Waals surface area contributed by atoms with Gasteiger partial charge in [-0.25, -0.2) is 4.98 Å². The Morgan fingerprint density at radius 1 is 1.42 bits per heavy atom. The van der Waals surface area contributed by atoms with Gasteiger partial charge < -0.3 is 9.84 Å². The highest BCUT2D eigenvalue weighted by atomic mass is 19.3. The van der Waals surface area contributed by atoms with Crippen molar-refractivity contribution < 1.29 is 18.6 Å². The molecule has 102 valence electrons. The van der Waals surface area contributed by atoms with Gasteiger partial charge in [-0.3, -0.25) is 4.57 Å². The van der Waals surface area contributed by atoms with E-state index in [0.29, 0.717) is 11.3 Å². The number of aliphatic hydroxyl groups is 1. The normalized spacial score (nSPS) is 12.7. The number of hydrogen-bond acceptors (Lipinski definition) is 3. The first-order valence-corrected chi connectivity index (χ1v) is 5.78. The van der Waals surface area contributed by atoms with E-state index in [4.69, 9.17) is 4.74 Å². The van der Waals surface area contributed by atoms with Gasteiger partial charge in [0.25, 0.3) is 0 Å². The minimum atomic E-state index is -2.63. The third kappa shape index (κ3) is 3.29. The number of aliphatic hydroxyl groups excluding tert-OH is 1. The van der Waals surface area contributed by atoms with E-state index in [1.54, 1.807) is 31.2 Å². The van der Waals surface area contributed by atoms with Gasteiger partial charge in [-0.15, -0.1) is 0 Å². The summed E-state index contributed by atoms with van der Waals surface area (Å²) in [5.41, 5.74) is 0.703. The van der Waals surface area contributed by atoms with Crippen molar-refractivity contribution in [2.75, 3.05) is 0 Å². The van der Waals surface area contributed by atoms with Crippen LogP contribution >= 0.6 is 0 Å². The monoisotopic (exact) mass is 268 g/mol. The Bertz CT molecular complexity index is 541. The van der Waals surface area contributed by atoms with Gasteiger partial charge >= 0.3 is 6.55 Å². The maximum Gasteiger partial charge on any atom is 0.320 e. The van der Waals surface area contributed by atoms with Crippen LogP contribution in [0.15, 0.2) is 36.7 Å². The Hall–Kier alpha value is -1.95. The molecular formula is C13H14F2N2O2. The van der Waals surface area contributed by atoms with Crippen molar-refractivity contribution in [3.05, 3.63) is 48.0 Å². The topological polar surface area (TPSA) is 47.3 Å². The van der Waals surface area contributed by atoms with E-state index in [0.717, 1.165) is 4.57 Å². The Morgan fingerprint density at radius 2 is 2.21 bits per heavy atom. The van der Waals surface area contributed by atoms with Crippen LogP contribution in [0.5, 0.6) is 5.75 Å². The first-order chi connectivity index (χ1) is 9.08. The lowest BCUT2D eigenvalue weighted by atomic mass is 10.1. The molecule has 0 spiro atoms. The van der Waals surface area contributed by atoms with Crippen LogP contribution in [-0.4, -0.2) is 14.7 Å². The summed E-state index contributed by atoms with van der Waals surface area (Å²) < 4.78 is 31.3. The molecule has 6 heteroatoms. The standard InChI is InChI=1S/C13H14F2N2O2/c1-9(18)10-3-2-4-11(7-10)19-8-12-16-5-6-17(12)13(14)15/h2-7,9,13,18H,8H2,1H3. The molecule has 1 unspecified atom stereocenters. The zero-order valence-corrected chi connectivity index (χ0v) is 10.3. The van der Waals surface area contributed by atoms with Gasteiger partial charge in [0.2, 0.25) is 0 Å². The fourth-order valence-electron chi connectivity index (χ4n) is 1.65. The molecule has 1 atom stereocenters. The minimum Gasteiger partial charge on any atom is -0.486 e. The van der Waals surface area contributed by atoms with Gasteiger partial charge in [-0.1, -0.05) is 12.1 Å². The maximum absolute atomic E-state index is 12.6. The number of aromatic nitrogens is 2. The second-order valence-electron chi connectivity index (χ2n) is 4.07. The second-order valence-corrected chi connectivity index (χ2v) is 4.07. The summed E-state index contributed by atoms with van der Waals surface area (Å²) in [6.45, 7) is -1.05. The number of ether oxygens (including phenoxy) is 1. The zero-order valence-electron chi connectivity index (χ0n) is 10.3. The molecule has 19 heavy (non-hydrogen) atoms. The Kier molecular flexibility index (Phi) is 4.11. The van der Waals surface area contributed by atoms with Crippen LogP contribution in [-0.2, 0) is 6.61 Å². The molecule has 0 aliphatic carbocycles. The van der Waals surface area contributed by atoms with E-state index in [1.807, 2.05) is 0 Å². The first kappa shape index (κ1) is 13.5. The van der Waals surface area contributed by atoms with Crippen LogP contribution in [0, 0.1) is 0 Å². The molecule has 0 saturated carbocycles. The Balaban J connectivity index is 2.06. The molecule has 0 aliphatic heterocycles. The van der Waals surface area contributed by atoms with E-state index >= 15 is 0 Å². The molecule has 2 aromatic rings. The lowest BCUT2D eigenvalue weighted by Crippen LogP contribution is -2.07. The molecule has 1 N–H and O–H groups in total. The molecule has 0 amide bonds. The van der Waals surface area contributed by atoms with Crippen LogP contribution in [0.4, 0.5) is 8.78 Å². The minimum absolute atomic E-state index is 0.0550. The lowest BCUT2D eigenvalue weighted by Gasteiger charge is -2.10. The molecule has 0 radical (unpaired) electrons. The van der Waals surface area contributed by atoms with Gasteiger partial charge in [-0.05, 0) is 24.6 Å². The van der Waals surface area contributed by atoms with Gasteiger partial charge in [0.15, 0.2) is 5.82 Å². The summed E-state index contributed by atoms with van der Waals surface area (Å²) in [6, 6.07) is 6.86. The van der Waals surface area contributed by atoms with Crippen LogP contribution in [0.1, 0.15) is 31.0 Å². The summed E-state index contributed by atoms with van der Waals surface area (Å²) in [7, 11) is 0. The van der Waals surface area contributed by atoms with E-state index in [-0.39, 0.29) is 12.4 Å². The van der Waals surface area contributed by atoms with Crippen molar-refractivity contribution in [1.82, 2.24) is 9.55 Å². The van der Waals surface area contributed by atoms with E-state index < -0.39 is 12.7 Å². The Morgan fingerprint density at radius 3 is 2.89 bits per heavy atom. The molecule has 2 rings (SSSR count). The predicted molar refractivity (Wildman–Crippen MR) is 64.9 cm³/mol. The lowest BCUT2D eigenvalue weighted by molar-refractivity contribution is 0.0632. The average Bonchev–Trinajstić information content (AvgIpc) is 2.85. The number of imidazole rings is 1. The maximum atomic E-state index is 12.6. The van der Waals surface area contributed by atoms with Crippen molar-refractivity contribution in [3.63, 3.8) is 0 Å². The molecule has 4 nitrogen and oxygen atoms in total. The second kappa shape index (κ2) is 5.79. The number of halogens is 2. The van der Waals surface area contributed by atoms with Gasteiger partial charge in [0, 0.05) is 12.4 Å². The molecular weight excluding hydrogens is 254 g/mol. The number of alkyl halides is 2. The number of benzene rings is 1. The molecule has 0 fully saturated rings. The number of nitrogens with zero attached hydrogens (tertiary/aromatic N) is 2. The van der Waals surface area contributed by atoms with E-state index in [9.17, 15) is 13.9 Å². The fourth-order valence-corrected chi connectivity index (χ4v) is 1.65. The highest BCUT2D eigenvalue weighted by Crippen LogP contribution is 2.20. The highest BCUT2D eigenvalue weighted by Gasteiger charge is 2.11. The zero-order chi connectivity index (χ0) is 13.8. The van der Waals surface area contributed by atoms with Crippen LogP contribution in [0.3, 0.4) is 0 Å². The third-order valence-corrected chi connectivity index (χ3v) is 2.67. The third-order valence-electron chi connectivity index (χ3n) is 2.67. The largest absolute Gasteiger partial charge is 0.486 e. The molecule has 0 aliphatic rings. The predicted octanol–water partition coefficient (Wildman–Crippen LogP) is 2.91. The molecule has 0 bridgehead atoms. The van der Waals surface area contributed by atoms with Crippen molar-refractivity contribution in [3.8, 4) is 5.75 Å².